The van der Waals surface area contributed by atoms with Gasteiger partial charge < -0.3 is 10.4 Å². The van der Waals surface area contributed by atoms with Gasteiger partial charge in [-0.2, -0.15) is 4.31 Å². The topological polar surface area (TPSA) is 69.6 Å². The normalized spacial score (nSPS) is 25.4. The zero-order chi connectivity index (χ0) is 18.5. The molecule has 2 aliphatic heterocycles. The third-order valence-electron chi connectivity index (χ3n) is 5.21. The molecule has 3 atom stereocenters. The fourth-order valence-corrected chi connectivity index (χ4v) is 6.05. The standard InChI is InChI=1S/C18H18BrFN2O3S/c19-11-1-6-16-15(9-11)18-14(17(10-23)21-16)7-8-22(18)26(24,25)13-4-2-12(20)3-5-13/h1-6,9,14,17-18,21,23H,7-8,10H2/t14-,17-,18-/m0/s1. The van der Waals surface area contributed by atoms with E-state index in [1.807, 2.05) is 18.2 Å². The molecule has 0 unspecified atom stereocenters. The van der Waals surface area contributed by atoms with Crippen LogP contribution in [0.5, 0.6) is 0 Å². The maximum Gasteiger partial charge on any atom is 0.243 e. The smallest absolute Gasteiger partial charge is 0.243 e. The largest absolute Gasteiger partial charge is 0.394 e. The van der Waals surface area contributed by atoms with E-state index in [1.165, 1.54) is 16.4 Å². The minimum atomic E-state index is -3.77. The first-order chi connectivity index (χ1) is 12.4. The first kappa shape index (κ1) is 17.9. The van der Waals surface area contributed by atoms with Gasteiger partial charge in [-0.05, 0) is 54.4 Å². The molecule has 2 N–H and O–H groups in total. The minimum Gasteiger partial charge on any atom is -0.394 e. The molecule has 0 aliphatic carbocycles. The first-order valence-corrected chi connectivity index (χ1v) is 10.6. The molecule has 2 heterocycles. The van der Waals surface area contributed by atoms with Gasteiger partial charge in [-0.3, -0.25) is 0 Å². The van der Waals surface area contributed by atoms with Gasteiger partial charge in [0.25, 0.3) is 0 Å². The molecule has 2 aromatic rings. The fourth-order valence-electron chi connectivity index (χ4n) is 4.00. The molecule has 0 radical (unpaired) electrons. The number of nitrogens with zero attached hydrogens (tertiary/aromatic N) is 1. The number of hydrogen-bond donors (Lipinski definition) is 2. The summed E-state index contributed by atoms with van der Waals surface area (Å²) in [4.78, 5) is 0.0789. The highest BCUT2D eigenvalue weighted by molar-refractivity contribution is 9.10. The van der Waals surface area contributed by atoms with Gasteiger partial charge in [-0.25, -0.2) is 12.8 Å². The Bertz CT molecular complexity index is 936. The molecule has 0 amide bonds. The van der Waals surface area contributed by atoms with E-state index in [1.54, 1.807) is 0 Å². The van der Waals surface area contributed by atoms with Crippen LogP contribution in [0, 0.1) is 11.7 Å². The number of nitrogens with one attached hydrogen (secondary N) is 1. The Kier molecular flexibility index (Phi) is 4.54. The summed E-state index contributed by atoms with van der Waals surface area (Å²) in [6.07, 6.45) is 0.648. The molecular formula is C18H18BrFN2O3S. The highest BCUT2D eigenvalue weighted by atomic mass is 79.9. The Morgan fingerprint density at radius 1 is 1.23 bits per heavy atom. The van der Waals surface area contributed by atoms with E-state index in [4.69, 9.17) is 0 Å². The van der Waals surface area contributed by atoms with Crippen molar-refractivity contribution in [3.63, 3.8) is 0 Å². The van der Waals surface area contributed by atoms with Crippen LogP contribution in [0.25, 0.3) is 0 Å². The van der Waals surface area contributed by atoms with Gasteiger partial charge in [0.1, 0.15) is 5.82 Å². The lowest BCUT2D eigenvalue weighted by atomic mass is 9.84. The molecular weight excluding hydrogens is 423 g/mol. The van der Waals surface area contributed by atoms with Crippen LogP contribution in [-0.4, -0.2) is 37.0 Å². The molecule has 5 nitrogen and oxygen atoms in total. The number of benzene rings is 2. The Morgan fingerprint density at radius 3 is 2.65 bits per heavy atom. The molecule has 2 aliphatic rings. The van der Waals surface area contributed by atoms with E-state index in [0.29, 0.717) is 13.0 Å². The third kappa shape index (κ3) is 2.85. The minimum absolute atomic E-state index is 0.0305. The maximum absolute atomic E-state index is 13.2. The van der Waals surface area contributed by atoms with Crippen molar-refractivity contribution < 1.29 is 17.9 Å². The third-order valence-corrected chi connectivity index (χ3v) is 7.59. The van der Waals surface area contributed by atoms with Crippen molar-refractivity contribution in [1.82, 2.24) is 4.31 Å². The van der Waals surface area contributed by atoms with E-state index in [2.05, 4.69) is 21.2 Å². The van der Waals surface area contributed by atoms with E-state index >= 15 is 0 Å². The number of fused-ring (bicyclic) bond motifs is 3. The number of halogens is 2. The van der Waals surface area contributed by atoms with Crippen LogP contribution >= 0.6 is 15.9 Å². The van der Waals surface area contributed by atoms with Gasteiger partial charge in [-0.1, -0.05) is 15.9 Å². The number of aliphatic hydroxyl groups is 1. The predicted octanol–water partition coefficient (Wildman–Crippen LogP) is 3.13. The van der Waals surface area contributed by atoms with Crippen LogP contribution in [0.3, 0.4) is 0 Å². The summed E-state index contributed by atoms with van der Waals surface area (Å²) in [5.74, 6) is -0.503. The van der Waals surface area contributed by atoms with Gasteiger partial charge in [0, 0.05) is 22.6 Å². The maximum atomic E-state index is 13.2. The Hall–Kier alpha value is -1.48. The van der Waals surface area contributed by atoms with Crippen LogP contribution in [0.1, 0.15) is 18.0 Å². The number of hydrogen-bond acceptors (Lipinski definition) is 4. The van der Waals surface area contributed by atoms with Gasteiger partial charge in [0.05, 0.1) is 23.6 Å². The average molecular weight is 441 g/mol. The van der Waals surface area contributed by atoms with Crippen molar-refractivity contribution in [3.05, 3.63) is 58.3 Å². The van der Waals surface area contributed by atoms with Gasteiger partial charge >= 0.3 is 0 Å². The summed E-state index contributed by atoms with van der Waals surface area (Å²) in [5, 5.41) is 13.1. The van der Waals surface area contributed by atoms with E-state index in [0.717, 1.165) is 27.9 Å². The Morgan fingerprint density at radius 2 is 1.96 bits per heavy atom. The second-order valence-electron chi connectivity index (χ2n) is 6.63. The quantitative estimate of drug-likeness (QED) is 0.768. The summed E-state index contributed by atoms with van der Waals surface area (Å²) in [7, 11) is -3.77. The molecule has 4 rings (SSSR count). The molecule has 1 fully saturated rings. The molecule has 26 heavy (non-hydrogen) atoms. The summed E-state index contributed by atoms with van der Waals surface area (Å²) < 4.78 is 42.0. The van der Waals surface area contributed by atoms with Crippen molar-refractivity contribution in [3.8, 4) is 0 Å². The van der Waals surface area contributed by atoms with Crippen molar-refractivity contribution in [2.75, 3.05) is 18.5 Å². The first-order valence-electron chi connectivity index (χ1n) is 8.36. The molecule has 0 bridgehead atoms. The second kappa shape index (κ2) is 6.60. The van der Waals surface area contributed by atoms with Crippen LogP contribution in [0.2, 0.25) is 0 Å². The summed E-state index contributed by atoms with van der Waals surface area (Å²) >= 11 is 3.46. The lowest BCUT2D eigenvalue weighted by Gasteiger charge is -2.38. The highest BCUT2D eigenvalue weighted by Gasteiger charge is 2.48. The van der Waals surface area contributed by atoms with Crippen LogP contribution in [0.15, 0.2) is 51.8 Å². The molecule has 138 valence electrons. The monoisotopic (exact) mass is 440 g/mol. The lowest BCUT2D eigenvalue weighted by molar-refractivity contribution is 0.210. The number of aliphatic hydroxyl groups excluding tert-OH is 1. The predicted molar refractivity (Wildman–Crippen MR) is 99.8 cm³/mol. The molecule has 8 heteroatoms. The number of rotatable bonds is 3. The highest BCUT2D eigenvalue weighted by Crippen LogP contribution is 2.48. The number of sulfonamides is 1. The lowest BCUT2D eigenvalue weighted by Crippen LogP contribution is -2.42. The van der Waals surface area contributed by atoms with Crippen molar-refractivity contribution in [1.29, 1.82) is 0 Å². The van der Waals surface area contributed by atoms with Crippen LogP contribution < -0.4 is 5.32 Å². The van der Waals surface area contributed by atoms with E-state index in [9.17, 15) is 17.9 Å². The molecule has 1 saturated heterocycles. The fraction of sp³-hybridized carbons (Fsp3) is 0.333. The molecule has 0 aromatic heterocycles. The van der Waals surface area contributed by atoms with Gasteiger partial charge in [0.2, 0.25) is 10.0 Å². The van der Waals surface area contributed by atoms with Crippen LogP contribution in [-0.2, 0) is 10.0 Å². The number of anilines is 1. The zero-order valence-corrected chi connectivity index (χ0v) is 16.2. The van der Waals surface area contributed by atoms with Crippen molar-refractivity contribution >= 4 is 31.6 Å². The van der Waals surface area contributed by atoms with Gasteiger partial charge in [0.15, 0.2) is 0 Å². The second-order valence-corrected chi connectivity index (χ2v) is 9.44. The Balaban J connectivity index is 1.81. The summed E-state index contributed by atoms with van der Waals surface area (Å²) in [5.41, 5.74) is 1.71. The van der Waals surface area contributed by atoms with Crippen molar-refractivity contribution in [2.24, 2.45) is 5.92 Å². The van der Waals surface area contributed by atoms with Crippen LogP contribution in [0.4, 0.5) is 10.1 Å². The summed E-state index contributed by atoms with van der Waals surface area (Å²) in [6.45, 7) is 0.292. The van der Waals surface area contributed by atoms with Crippen molar-refractivity contribution in [2.45, 2.75) is 23.4 Å². The van der Waals surface area contributed by atoms with E-state index in [-0.39, 0.29) is 29.5 Å². The Labute approximate surface area is 160 Å². The summed E-state index contributed by atoms with van der Waals surface area (Å²) in [6, 6.07) is 10.0. The molecule has 0 spiro atoms. The zero-order valence-electron chi connectivity index (χ0n) is 13.8. The average Bonchev–Trinajstić information content (AvgIpc) is 3.08. The van der Waals surface area contributed by atoms with Gasteiger partial charge in [-0.15, -0.1) is 0 Å². The van der Waals surface area contributed by atoms with E-state index < -0.39 is 15.8 Å². The molecule has 0 saturated carbocycles. The molecule has 2 aromatic carbocycles. The SMILES string of the molecule is O=S(=O)(c1ccc(F)cc1)N1CC[C@H]2[C@H](CO)Nc3ccc(Br)cc3[C@H]21.